The van der Waals surface area contributed by atoms with E-state index in [9.17, 15) is 4.39 Å². The Bertz CT molecular complexity index is 568. The topological polar surface area (TPSA) is 21.3 Å². The Hall–Kier alpha value is -1.87. The zero-order valence-corrected chi connectivity index (χ0v) is 12.8. The van der Waals surface area contributed by atoms with E-state index in [0.29, 0.717) is 6.61 Å². The molecule has 0 aliphatic carbocycles. The molecule has 2 atom stereocenters. The van der Waals surface area contributed by atoms with Gasteiger partial charge in [0.05, 0.1) is 6.61 Å². The van der Waals surface area contributed by atoms with Crippen LogP contribution in [0.2, 0.25) is 0 Å². The van der Waals surface area contributed by atoms with Gasteiger partial charge in [-0.1, -0.05) is 24.3 Å². The van der Waals surface area contributed by atoms with Crippen molar-refractivity contribution in [1.82, 2.24) is 5.32 Å². The molecule has 0 aliphatic heterocycles. The molecule has 0 saturated carbocycles. The van der Waals surface area contributed by atoms with Crippen molar-refractivity contribution in [1.29, 1.82) is 0 Å². The van der Waals surface area contributed by atoms with E-state index in [2.05, 4.69) is 24.4 Å². The molecule has 112 valence electrons. The van der Waals surface area contributed by atoms with E-state index in [-0.39, 0.29) is 17.9 Å². The van der Waals surface area contributed by atoms with Gasteiger partial charge < -0.3 is 10.1 Å². The molecule has 0 fully saturated rings. The van der Waals surface area contributed by atoms with Crippen LogP contribution in [0.4, 0.5) is 4.39 Å². The summed E-state index contributed by atoms with van der Waals surface area (Å²) in [5, 5.41) is 3.48. The molecule has 0 spiro atoms. The number of hydrogen-bond donors (Lipinski definition) is 1. The maximum Gasteiger partial charge on any atom is 0.123 e. The first-order valence-corrected chi connectivity index (χ1v) is 7.34. The molecule has 2 rings (SSSR count). The predicted molar refractivity (Wildman–Crippen MR) is 84.0 cm³/mol. The zero-order valence-electron chi connectivity index (χ0n) is 12.8. The molecule has 0 radical (unpaired) electrons. The minimum Gasteiger partial charge on any atom is -0.494 e. The number of rotatable bonds is 6. The third kappa shape index (κ3) is 4.30. The first-order valence-electron chi connectivity index (χ1n) is 7.34. The van der Waals surface area contributed by atoms with Crippen LogP contribution in [-0.2, 0) is 0 Å². The van der Waals surface area contributed by atoms with E-state index in [4.69, 9.17) is 4.74 Å². The average molecular weight is 287 g/mol. The van der Waals surface area contributed by atoms with E-state index < -0.39 is 0 Å². The Balaban J connectivity index is 2.01. The fourth-order valence-electron chi connectivity index (χ4n) is 2.36. The molecule has 0 amide bonds. The summed E-state index contributed by atoms with van der Waals surface area (Å²) in [4.78, 5) is 0. The fourth-order valence-corrected chi connectivity index (χ4v) is 2.36. The number of benzene rings is 2. The summed E-state index contributed by atoms with van der Waals surface area (Å²) < 4.78 is 18.7. The lowest BCUT2D eigenvalue weighted by molar-refractivity contribution is 0.340. The summed E-state index contributed by atoms with van der Waals surface area (Å²) >= 11 is 0. The molecular formula is C18H22FNO. The van der Waals surface area contributed by atoms with Crippen LogP contribution < -0.4 is 10.1 Å². The van der Waals surface area contributed by atoms with Crippen molar-refractivity contribution in [3.05, 3.63) is 65.5 Å². The van der Waals surface area contributed by atoms with Gasteiger partial charge in [-0.15, -0.1) is 0 Å². The van der Waals surface area contributed by atoms with Crippen molar-refractivity contribution in [3.63, 3.8) is 0 Å². The lowest BCUT2D eigenvalue weighted by Crippen LogP contribution is -2.22. The van der Waals surface area contributed by atoms with E-state index in [1.807, 2.05) is 32.0 Å². The highest BCUT2D eigenvalue weighted by atomic mass is 19.1. The normalized spacial score (nSPS) is 13.7. The van der Waals surface area contributed by atoms with Gasteiger partial charge in [0.15, 0.2) is 0 Å². The van der Waals surface area contributed by atoms with E-state index >= 15 is 0 Å². The van der Waals surface area contributed by atoms with Gasteiger partial charge in [0.2, 0.25) is 0 Å². The van der Waals surface area contributed by atoms with E-state index in [1.54, 1.807) is 12.1 Å². The molecule has 2 aromatic carbocycles. The Morgan fingerprint density at radius 3 is 2.29 bits per heavy atom. The molecular weight excluding hydrogens is 265 g/mol. The van der Waals surface area contributed by atoms with E-state index in [1.165, 1.54) is 11.6 Å². The Labute approximate surface area is 126 Å². The van der Waals surface area contributed by atoms with Crippen molar-refractivity contribution < 1.29 is 9.13 Å². The maximum atomic E-state index is 13.3. The molecule has 2 unspecified atom stereocenters. The fraction of sp³-hybridized carbons (Fsp3) is 0.333. The Kier molecular flexibility index (Phi) is 5.34. The summed E-state index contributed by atoms with van der Waals surface area (Å²) in [5.74, 6) is 0.682. The standard InChI is InChI=1S/C18H22FNO/c1-4-21-18-10-8-15(9-11-18)13(2)20-14(3)16-6-5-7-17(19)12-16/h5-14,20H,4H2,1-3H3. The molecule has 3 heteroatoms. The highest BCUT2D eigenvalue weighted by Crippen LogP contribution is 2.22. The van der Waals surface area contributed by atoms with E-state index in [0.717, 1.165) is 11.3 Å². The zero-order chi connectivity index (χ0) is 15.2. The van der Waals surface area contributed by atoms with Crippen molar-refractivity contribution in [3.8, 4) is 5.75 Å². The third-order valence-electron chi connectivity index (χ3n) is 3.54. The van der Waals surface area contributed by atoms with Crippen molar-refractivity contribution in [2.75, 3.05) is 6.61 Å². The molecule has 0 heterocycles. The predicted octanol–water partition coefficient (Wildman–Crippen LogP) is 4.64. The Morgan fingerprint density at radius 2 is 1.67 bits per heavy atom. The SMILES string of the molecule is CCOc1ccc(C(C)NC(C)c2cccc(F)c2)cc1. The maximum absolute atomic E-state index is 13.3. The summed E-state index contributed by atoms with van der Waals surface area (Å²) in [5.41, 5.74) is 2.13. The van der Waals surface area contributed by atoms with Crippen molar-refractivity contribution >= 4 is 0 Å². The van der Waals surface area contributed by atoms with Crippen LogP contribution in [0.5, 0.6) is 5.75 Å². The quantitative estimate of drug-likeness (QED) is 0.836. The van der Waals surface area contributed by atoms with Gasteiger partial charge in [0.25, 0.3) is 0 Å². The monoisotopic (exact) mass is 287 g/mol. The average Bonchev–Trinajstić information content (AvgIpc) is 2.48. The van der Waals surface area contributed by atoms with Crippen LogP contribution in [0.25, 0.3) is 0 Å². The second kappa shape index (κ2) is 7.23. The first kappa shape index (κ1) is 15.5. The van der Waals surface area contributed by atoms with Crippen molar-refractivity contribution in [2.24, 2.45) is 0 Å². The molecule has 0 aliphatic rings. The summed E-state index contributed by atoms with van der Waals surface area (Å²) in [6.07, 6.45) is 0. The van der Waals surface area contributed by atoms with Gasteiger partial charge in [-0.25, -0.2) is 4.39 Å². The van der Waals surface area contributed by atoms with Gasteiger partial charge in [0, 0.05) is 12.1 Å². The van der Waals surface area contributed by atoms with Crippen LogP contribution in [0.3, 0.4) is 0 Å². The minimum atomic E-state index is -0.199. The second-order valence-corrected chi connectivity index (χ2v) is 5.17. The molecule has 1 N–H and O–H groups in total. The number of hydrogen-bond acceptors (Lipinski definition) is 2. The van der Waals surface area contributed by atoms with Gasteiger partial charge in [-0.05, 0) is 56.2 Å². The number of ether oxygens (including phenoxy) is 1. The lowest BCUT2D eigenvalue weighted by Gasteiger charge is -2.21. The molecule has 2 aromatic rings. The van der Waals surface area contributed by atoms with Crippen LogP contribution in [0.15, 0.2) is 48.5 Å². The highest BCUT2D eigenvalue weighted by Gasteiger charge is 2.11. The van der Waals surface area contributed by atoms with Gasteiger partial charge in [-0.3, -0.25) is 0 Å². The third-order valence-corrected chi connectivity index (χ3v) is 3.54. The number of nitrogens with one attached hydrogen (secondary N) is 1. The van der Waals surface area contributed by atoms with Crippen LogP contribution in [0.1, 0.15) is 44.0 Å². The number of halogens is 1. The van der Waals surface area contributed by atoms with Crippen LogP contribution in [-0.4, -0.2) is 6.61 Å². The van der Waals surface area contributed by atoms with Gasteiger partial charge >= 0.3 is 0 Å². The van der Waals surface area contributed by atoms with Crippen molar-refractivity contribution in [2.45, 2.75) is 32.9 Å². The molecule has 0 bridgehead atoms. The molecule has 0 saturated heterocycles. The molecule has 0 aromatic heterocycles. The second-order valence-electron chi connectivity index (χ2n) is 5.17. The smallest absolute Gasteiger partial charge is 0.123 e. The summed E-state index contributed by atoms with van der Waals surface area (Å²) in [6, 6.07) is 15.0. The van der Waals surface area contributed by atoms with Crippen LogP contribution in [0, 0.1) is 5.82 Å². The first-order chi connectivity index (χ1) is 10.1. The summed E-state index contributed by atoms with van der Waals surface area (Å²) in [6.45, 7) is 6.79. The highest BCUT2D eigenvalue weighted by molar-refractivity contribution is 5.29. The molecule has 21 heavy (non-hydrogen) atoms. The summed E-state index contributed by atoms with van der Waals surface area (Å²) in [7, 11) is 0. The van der Waals surface area contributed by atoms with Gasteiger partial charge in [0.1, 0.15) is 11.6 Å². The largest absolute Gasteiger partial charge is 0.494 e. The van der Waals surface area contributed by atoms with Gasteiger partial charge in [-0.2, -0.15) is 0 Å². The molecule has 2 nitrogen and oxygen atoms in total. The minimum absolute atomic E-state index is 0.0854. The Morgan fingerprint density at radius 1 is 1.00 bits per heavy atom. The lowest BCUT2D eigenvalue weighted by atomic mass is 10.0. The van der Waals surface area contributed by atoms with Crippen LogP contribution >= 0.6 is 0 Å².